The fourth-order valence-electron chi connectivity index (χ4n) is 0.946. The molecule has 0 saturated heterocycles. The average molecular weight is 131 g/mol. The van der Waals surface area contributed by atoms with Gasteiger partial charge in [0.2, 0.25) is 0 Å². The van der Waals surface area contributed by atoms with Crippen molar-refractivity contribution in [1.29, 1.82) is 0 Å². The van der Waals surface area contributed by atoms with Gasteiger partial charge in [-0.2, -0.15) is 0 Å². The maximum Gasteiger partial charge on any atom is 0.0933 e. The number of aliphatic hydroxyl groups excluding tert-OH is 1. The number of nitrogens with one attached hydrogen (secondary N) is 1. The van der Waals surface area contributed by atoms with Crippen molar-refractivity contribution in [3.63, 3.8) is 0 Å². The molecule has 0 rings (SSSR count). The smallest absolute Gasteiger partial charge is 0.0933 e. The third-order valence-electron chi connectivity index (χ3n) is 1.26. The third-order valence-corrected chi connectivity index (χ3v) is 1.26. The Balaban J connectivity index is 3.15. The molecule has 0 fully saturated rings. The highest BCUT2D eigenvalue weighted by atomic mass is 16.3. The van der Waals surface area contributed by atoms with Crippen molar-refractivity contribution >= 4 is 0 Å². The van der Waals surface area contributed by atoms with Crippen molar-refractivity contribution in [1.82, 2.24) is 5.32 Å². The summed E-state index contributed by atoms with van der Waals surface area (Å²) < 4.78 is 0. The fraction of sp³-hybridized carbons (Fsp3) is 1.00. The van der Waals surface area contributed by atoms with E-state index < -0.39 is 0 Å². The molecule has 0 heterocycles. The van der Waals surface area contributed by atoms with Gasteiger partial charge in [0.1, 0.15) is 0 Å². The molecule has 2 heteroatoms. The molecule has 0 aromatic carbocycles. The lowest BCUT2D eigenvalue weighted by atomic mass is 10.1. The Morgan fingerprint density at radius 3 is 2.22 bits per heavy atom. The molecular formula is C7H17NO. The Labute approximate surface area is 57.3 Å². The first-order valence-corrected chi connectivity index (χ1v) is 3.51. The molecule has 0 aromatic rings. The highest BCUT2D eigenvalue weighted by Gasteiger charge is 2.01. The van der Waals surface area contributed by atoms with Crippen LogP contribution in [0.5, 0.6) is 0 Å². The Hall–Kier alpha value is -0.0800. The minimum absolute atomic E-state index is 0.0912. The summed E-state index contributed by atoms with van der Waals surface area (Å²) in [5, 5.41) is 11.4. The molecule has 2 N–H and O–H groups in total. The van der Waals surface area contributed by atoms with Crippen LogP contribution in [0, 0.1) is 5.92 Å². The highest BCUT2D eigenvalue weighted by molar-refractivity contribution is 4.59. The van der Waals surface area contributed by atoms with Gasteiger partial charge in [0.05, 0.1) is 6.73 Å². The molecule has 9 heavy (non-hydrogen) atoms. The molecule has 0 amide bonds. The SMILES string of the molecule is CC(C)CC(C)NCO. The van der Waals surface area contributed by atoms with E-state index in [4.69, 9.17) is 5.11 Å². The summed E-state index contributed by atoms with van der Waals surface area (Å²) in [5.41, 5.74) is 0. The van der Waals surface area contributed by atoms with Crippen LogP contribution < -0.4 is 5.32 Å². The van der Waals surface area contributed by atoms with E-state index in [9.17, 15) is 0 Å². The van der Waals surface area contributed by atoms with Crippen molar-refractivity contribution in [3.8, 4) is 0 Å². The zero-order valence-electron chi connectivity index (χ0n) is 6.52. The second-order valence-electron chi connectivity index (χ2n) is 2.89. The fourth-order valence-corrected chi connectivity index (χ4v) is 0.946. The molecular weight excluding hydrogens is 114 g/mol. The normalized spacial score (nSPS) is 14.3. The summed E-state index contributed by atoms with van der Waals surface area (Å²) in [5.74, 6) is 0.707. The van der Waals surface area contributed by atoms with E-state index >= 15 is 0 Å². The first kappa shape index (κ1) is 8.92. The Bertz CT molecular complexity index is 63.9. The van der Waals surface area contributed by atoms with Crippen LogP contribution in [0.1, 0.15) is 27.2 Å². The molecule has 1 unspecified atom stereocenters. The van der Waals surface area contributed by atoms with Crippen LogP contribution >= 0.6 is 0 Å². The molecule has 0 aliphatic heterocycles. The maximum absolute atomic E-state index is 8.44. The van der Waals surface area contributed by atoms with Crippen LogP contribution in [0.2, 0.25) is 0 Å². The van der Waals surface area contributed by atoms with Crippen LogP contribution in [-0.4, -0.2) is 17.9 Å². The van der Waals surface area contributed by atoms with Crippen LogP contribution in [-0.2, 0) is 0 Å². The lowest BCUT2D eigenvalue weighted by Gasteiger charge is -2.13. The molecule has 0 spiro atoms. The maximum atomic E-state index is 8.44. The van der Waals surface area contributed by atoms with Crippen molar-refractivity contribution in [2.45, 2.75) is 33.2 Å². The molecule has 0 saturated carbocycles. The van der Waals surface area contributed by atoms with Gasteiger partial charge in [0.25, 0.3) is 0 Å². The van der Waals surface area contributed by atoms with Crippen molar-refractivity contribution in [2.24, 2.45) is 5.92 Å². The van der Waals surface area contributed by atoms with Crippen molar-refractivity contribution < 1.29 is 5.11 Å². The number of aliphatic hydroxyl groups is 1. The number of hydrogen-bond acceptors (Lipinski definition) is 2. The van der Waals surface area contributed by atoms with E-state index in [1.54, 1.807) is 0 Å². The summed E-state index contributed by atoms with van der Waals surface area (Å²) in [6.45, 7) is 6.52. The summed E-state index contributed by atoms with van der Waals surface area (Å²) >= 11 is 0. The molecule has 0 aliphatic carbocycles. The minimum Gasteiger partial charge on any atom is -0.381 e. The zero-order valence-corrected chi connectivity index (χ0v) is 6.52. The van der Waals surface area contributed by atoms with Gasteiger partial charge >= 0.3 is 0 Å². The van der Waals surface area contributed by atoms with Gasteiger partial charge < -0.3 is 5.11 Å². The van der Waals surface area contributed by atoms with E-state index in [2.05, 4.69) is 26.1 Å². The van der Waals surface area contributed by atoms with Crippen LogP contribution in [0.4, 0.5) is 0 Å². The van der Waals surface area contributed by atoms with Crippen molar-refractivity contribution in [3.05, 3.63) is 0 Å². The number of hydrogen-bond donors (Lipinski definition) is 2. The lowest BCUT2D eigenvalue weighted by molar-refractivity contribution is 0.236. The lowest BCUT2D eigenvalue weighted by Crippen LogP contribution is -2.27. The molecule has 0 aliphatic rings. The second-order valence-corrected chi connectivity index (χ2v) is 2.89. The van der Waals surface area contributed by atoms with Crippen LogP contribution in [0.15, 0.2) is 0 Å². The van der Waals surface area contributed by atoms with Gasteiger partial charge in [0, 0.05) is 6.04 Å². The molecule has 56 valence electrons. The Morgan fingerprint density at radius 2 is 1.89 bits per heavy atom. The van der Waals surface area contributed by atoms with E-state index in [1.807, 2.05) is 0 Å². The average Bonchev–Trinajstić information content (AvgIpc) is 1.63. The first-order chi connectivity index (χ1) is 4.16. The predicted octanol–water partition coefficient (Wildman–Crippen LogP) is 0.960. The number of rotatable bonds is 4. The second kappa shape index (κ2) is 4.77. The van der Waals surface area contributed by atoms with E-state index in [0.29, 0.717) is 12.0 Å². The standard InChI is InChI=1S/C7H17NO/c1-6(2)4-7(3)8-5-9/h6-9H,4-5H2,1-3H3. The topological polar surface area (TPSA) is 32.3 Å². The third kappa shape index (κ3) is 5.80. The first-order valence-electron chi connectivity index (χ1n) is 3.51. The van der Waals surface area contributed by atoms with Crippen LogP contribution in [0.25, 0.3) is 0 Å². The van der Waals surface area contributed by atoms with E-state index in [1.165, 1.54) is 0 Å². The largest absolute Gasteiger partial charge is 0.381 e. The molecule has 1 atom stereocenters. The van der Waals surface area contributed by atoms with Crippen molar-refractivity contribution in [2.75, 3.05) is 6.73 Å². The summed E-state index contributed by atoms with van der Waals surface area (Å²) in [7, 11) is 0. The highest BCUT2D eigenvalue weighted by Crippen LogP contribution is 2.02. The van der Waals surface area contributed by atoms with Gasteiger partial charge in [-0.1, -0.05) is 13.8 Å². The van der Waals surface area contributed by atoms with Gasteiger partial charge in [-0.15, -0.1) is 0 Å². The van der Waals surface area contributed by atoms with Gasteiger partial charge in [0.15, 0.2) is 0 Å². The molecule has 0 bridgehead atoms. The molecule has 0 aromatic heterocycles. The van der Waals surface area contributed by atoms with E-state index in [-0.39, 0.29) is 6.73 Å². The molecule has 2 nitrogen and oxygen atoms in total. The molecule has 0 radical (unpaired) electrons. The summed E-state index contributed by atoms with van der Waals surface area (Å²) in [6.07, 6.45) is 1.13. The Morgan fingerprint density at radius 1 is 1.33 bits per heavy atom. The van der Waals surface area contributed by atoms with E-state index in [0.717, 1.165) is 6.42 Å². The quantitative estimate of drug-likeness (QED) is 0.557. The van der Waals surface area contributed by atoms with Gasteiger partial charge in [-0.3, -0.25) is 5.32 Å². The van der Waals surface area contributed by atoms with Gasteiger partial charge in [-0.25, -0.2) is 0 Å². The summed E-state index contributed by atoms with van der Waals surface area (Å²) in [6, 6.07) is 0.440. The van der Waals surface area contributed by atoms with Crippen LogP contribution in [0.3, 0.4) is 0 Å². The minimum atomic E-state index is 0.0912. The predicted molar refractivity (Wildman–Crippen MR) is 39.1 cm³/mol. The Kier molecular flexibility index (Phi) is 4.72. The monoisotopic (exact) mass is 131 g/mol. The summed E-state index contributed by atoms with van der Waals surface area (Å²) in [4.78, 5) is 0. The van der Waals surface area contributed by atoms with Gasteiger partial charge in [-0.05, 0) is 19.3 Å². The zero-order chi connectivity index (χ0) is 7.28.